The molecule has 0 aliphatic heterocycles. The third-order valence-corrected chi connectivity index (χ3v) is 3.19. The van der Waals surface area contributed by atoms with E-state index in [4.69, 9.17) is 0 Å². The Morgan fingerprint density at radius 1 is 1.27 bits per heavy atom. The lowest BCUT2D eigenvalue weighted by molar-refractivity contribution is 0.286. The van der Waals surface area contributed by atoms with Gasteiger partial charge in [0.1, 0.15) is 0 Å². The van der Waals surface area contributed by atoms with E-state index in [9.17, 15) is 0 Å². The second-order valence-corrected chi connectivity index (χ2v) is 6.00. The van der Waals surface area contributed by atoms with E-state index < -0.39 is 0 Å². The summed E-state index contributed by atoms with van der Waals surface area (Å²) in [5.74, 6) is 0. The molecule has 1 unspecified atom stereocenters. The maximum Gasteiger partial charge on any atom is 0.0369 e. The molecular formula is C13H20BrN. The molecule has 1 N–H and O–H groups in total. The Bertz CT molecular complexity index is 339. The van der Waals surface area contributed by atoms with Gasteiger partial charge in [-0.2, -0.15) is 0 Å². The predicted octanol–water partition coefficient (Wildman–Crippen LogP) is 4.06. The molecule has 0 aliphatic carbocycles. The molecule has 2 heteroatoms. The number of hydrogen-bond donors (Lipinski definition) is 1. The molecule has 0 aliphatic rings. The van der Waals surface area contributed by atoms with Crippen LogP contribution in [0.25, 0.3) is 0 Å². The lowest BCUT2D eigenvalue weighted by Crippen LogP contribution is -2.30. The molecule has 0 radical (unpaired) electrons. The van der Waals surface area contributed by atoms with E-state index >= 15 is 0 Å². The van der Waals surface area contributed by atoms with Gasteiger partial charge in [-0.3, -0.25) is 0 Å². The summed E-state index contributed by atoms with van der Waals surface area (Å²) in [6.45, 7) is 8.94. The van der Waals surface area contributed by atoms with Crippen molar-refractivity contribution < 1.29 is 0 Å². The summed E-state index contributed by atoms with van der Waals surface area (Å²) in [7, 11) is 2.03. The molecule has 0 saturated carbocycles. The van der Waals surface area contributed by atoms with Crippen LogP contribution >= 0.6 is 15.9 Å². The zero-order chi connectivity index (χ0) is 11.6. The second kappa shape index (κ2) is 4.67. The third kappa shape index (κ3) is 3.05. The molecule has 0 fully saturated rings. The van der Waals surface area contributed by atoms with Crippen molar-refractivity contribution in [1.29, 1.82) is 0 Å². The van der Waals surface area contributed by atoms with Crippen LogP contribution in [0.5, 0.6) is 0 Å². The first-order valence-corrected chi connectivity index (χ1v) is 6.09. The van der Waals surface area contributed by atoms with Gasteiger partial charge in [-0.05, 0) is 42.6 Å². The Balaban J connectivity index is 3.13. The van der Waals surface area contributed by atoms with Gasteiger partial charge in [-0.25, -0.2) is 0 Å². The minimum Gasteiger partial charge on any atom is -0.313 e. The zero-order valence-electron chi connectivity index (χ0n) is 10.2. The maximum absolute atomic E-state index is 3.50. The van der Waals surface area contributed by atoms with Crippen molar-refractivity contribution in [3.05, 3.63) is 33.8 Å². The van der Waals surface area contributed by atoms with E-state index in [1.807, 2.05) is 7.05 Å². The number of hydrogen-bond acceptors (Lipinski definition) is 1. The van der Waals surface area contributed by atoms with Crippen LogP contribution in [0.4, 0.5) is 0 Å². The molecule has 1 rings (SSSR count). The van der Waals surface area contributed by atoms with Crippen molar-refractivity contribution in [3.8, 4) is 0 Å². The maximum atomic E-state index is 3.50. The van der Waals surface area contributed by atoms with Gasteiger partial charge < -0.3 is 5.32 Å². The fourth-order valence-electron chi connectivity index (χ4n) is 2.02. The van der Waals surface area contributed by atoms with Gasteiger partial charge in [-0.1, -0.05) is 42.8 Å². The van der Waals surface area contributed by atoms with Crippen molar-refractivity contribution in [1.82, 2.24) is 5.32 Å². The predicted molar refractivity (Wildman–Crippen MR) is 70.1 cm³/mol. The SMILES string of the molecule is CNC(c1ccc(Br)cc1C)C(C)(C)C. The van der Waals surface area contributed by atoms with Gasteiger partial charge in [-0.15, -0.1) is 0 Å². The Labute approximate surface area is 101 Å². The summed E-state index contributed by atoms with van der Waals surface area (Å²) in [5.41, 5.74) is 2.94. The monoisotopic (exact) mass is 269 g/mol. The molecule has 0 bridgehead atoms. The molecule has 15 heavy (non-hydrogen) atoms. The van der Waals surface area contributed by atoms with Crippen LogP contribution in [0.1, 0.15) is 37.9 Å². The number of nitrogens with one attached hydrogen (secondary N) is 1. The average Bonchev–Trinajstić information content (AvgIpc) is 2.07. The third-order valence-electron chi connectivity index (χ3n) is 2.70. The van der Waals surface area contributed by atoms with Crippen LogP contribution in [0, 0.1) is 12.3 Å². The Morgan fingerprint density at radius 2 is 1.87 bits per heavy atom. The standard InChI is InChI=1S/C13H20BrN/c1-9-8-10(14)6-7-11(9)12(15-5)13(2,3)4/h6-8,12,15H,1-5H3. The van der Waals surface area contributed by atoms with Gasteiger partial charge in [0.2, 0.25) is 0 Å². The van der Waals surface area contributed by atoms with E-state index in [0.717, 1.165) is 4.47 Å². The molecule has 0 amide bonds. The van der Waals surface area contributed by atoms with Crippen molar-refractivity contribution in [3.63, 3.8) is 0 Å². The molecule has 0 heterocycles. The van der Waals surface area contributed by atoms with Gasteiger partial charge in [0.15, 0.2) is 0 Å². The molecule has 1 atom stereocenters. The highest BCUT2D eigenvalue weighted by Gasteiger charge is 2.25. The quantitative estimate of drug-likeness (QED) is 0.854. The Kier molecular flexibility index (Phi) is 3.96. The van der Waals surface area contributed by atoms with Crippen molar-refractivity contribution >= 4 is 15.9 Å². The molecule has 0 spiro atoms. The van der Waals surface area contributed by atoms with Crippen molar-refractivity contribution in [2.24, 2.45) is 5.41 Å². The average molecular weight is 270 g/mol. The molecule has 1 aromatic rings. The van der Waals surface area contributed by atoms with E-state index in [2.05, 4.69) is 67.1 Å². The van der Waals surface area contributed by atoms with Gasteiger partial charge in [0.05, 0.1) is 0 Å². The highest BCUT2D eigenvalue weighted by Crippen LogP contribution is 2.34. The van der Waals surface area contributed by atoms with Crippen molar-refractivity contribution in [2.45, 2.75) is 33.7 Å². The summed E-state index contributed by atoms with van der Waals surface area (Å²) >= 11 is 3.50. The Morgan fingerprint density at radius 3 is 2.27 bits per heavy atom. The van der Waals surface area contributed by atoms with Crippen LogP contribution in [0.3, 0.4) is 0 Å². The highest BCUT2D eigenvalue weighted by molar-refractivity contribution is 9.10. The largest absolute Gasteiger partial charge is 0.313 e. The van der Waals surface area contributed by atoms with E-state index in [1.54, 1.807) is 0 Å². The van der Waals surface area contributed by atoms with Crippen LogP contribution in [-0.2, 0) is 0 Å². The van der Waals surface area contributed by atoms with Gasteiger partial charge in [0, 0.05) is 10.5 Å². The van der Waals surface area contributed by atoms with Crippen LogP contribution < -0.4 is 5.32 Å². The molecule has 0 saturated heterocycles. The summed E-state index contributed by atoms with van der Waals surface area (Å²) in [5, 5.41) is 3.40. The van der Waals surface area contributed by atoms with Gasteiger partial charge >= 0.3 is 0 Å². The number of benzene rings is 1. The normalized spacial score (nSPS) is 14.0. The van der Waals surface area contributed by atoms with Crippen LogP contribution in [0.15, 0.2) is 22.7 Å². The smallest absolute Gasteiger partial charge is 0.0369 e. The summed E-state index contributed by atoms with van der Waals surface area (Å²) < 4.78 is 1.15. The van der Waals surface area contributed by atoms with E-state index in [-0.39, 0.29) is 5.41 Å². The number of halogens is 1. The topological polar surface area (TPSA) is 12.0 Å². The highest BCUT2D eigenvalue weighted by atomic mass is 79.9. The molecule has 1 aromatic carbocycles. The molecule has 1 nitrogen and oxygen atoms in total. The second-order valence-electron chi connectivity index (χ2n) is 5.09. The van der Waals surface area contributed by atoms with Crippen LogP contribution in [0.2, 0.25) is 0 Å². The number of rotatable bonds is 2. The lowest BCUT2D eigenvalue weighted by Gasteiger charge is -2.32. The molecular weight excluding hydrogens is 250 g/mol. The van der Waals surface area contributed by atoms with E-state index in [0.29, 0.717) is 6.04 Å². The summed E-state index contributed by atoms with van der Waals surface area (Å²) in [4.78, 5) is 0. The minimum atomic E-state index is 0.230. The van der Waals surface area contributed by atoms with Crippen molar-refractivity contribution in [2.75, 3.05) is 7.05 Å². The lowest BCUT2D eigenvalue weighted by atomic mass is 9.81. The first-order chi connectivity index (χ1) is 6.86. The first kappa shape index (κ1) is 12.7. The molecule has 0 aromatic heterocycles. The summed E-state index contributed by atoms with van der Waals surface area (Å²) in [6.07, 6.45) is 0. The zero-order valence-corrected chi connectivity index (χ0v) is 11.8. The van der Waals surface area contributed by atoms with E-state index in [1.165, 1.54) is 11.1 Å². The minimum absolute atomic E-state index is 0.230. The molecule has 84 valence electrons. The van der Waals surface area contributed by atoms with Gasteiger partial charge in [0.25, 0.3) is 0 Å². The Hall–Kier alpha value is -0.340. The summed E-state index contributed by atoms with van der Waals surface area (Å²) in [6, 6.07) is 6.88. The number of aryl methyl sites for hydroxylation is 1. The fraction of sp³-hybridized carbons (Fsp3) is 0.538. The fourth-order valence-corrected chi connectivity index (χ4v) is 2.49. The first-order valence-electron chi connectivity index (χ1n) is 5.29. The van der Waals surface area contributed by atoms with Crippen LogP contribution in [-0.4, -0.2) is 7.05 Å².